The molecule has 0 radical (unpaired) electrons. The number of amides is 1. The summed E-state index contributed by atoms with van der Waals surface area (Å²) in [5.74, 6) is 0.609. The lowest BCUT2D eigenvalue weighted by atomic mass is 10.1. The van der Waals surface area contributed by atoms with Crippen molar-refractivity contribution in [1.29, 1.82) is 0 Å². The molecule has 166 valence electrons. The van der Waals surface area contributed by atoms with E-state index in [1.807, 2.05) is 4.90 Å². The minimum Gasteiger partial charge on any atom is -0.507 e. The van der Waals surface area contributed by atoms with Crippen LogP contribution in [0.3, 0.4) is 0 Å². The first-order valence-electron chi connectivity index (χ1n) is 10.6. The summed E-state index contributed by atoms with van der Waals surface area (Å²) in [4.78, 5) is 23.4. The average molecular weight is 438 g/mol. The number of para-hydroxylation sites is 1. The first kappa shape index (κ1) is 20.4. The van der Waals surface area contributed by atoms with Gasteiger partial charge in [-0.05, 0) is 36.8 Å². The van der Waals surface area contributed by atoms with Gasteiger partial charge in [0, 0.05) is 24.9 Å². The molecule has 1 unspecified atom stereocenters. The summed E-state index contributed by atoms with van der Waals surface area (Å²) in [6.45, 7) is 2.16. The predicted octanol–water partition coefficient (Wildman–Crippen LogP) is 3.24. The molecule has 1 aromatic heterocycles. The number of carbonyl (C=O) groups is 1. The number of hydrogen-bond donors (Lipinski definition) is 2. The van der Waals surface area contributed by atoms with Gasteiger partial charge in [0.1, 0.15) is 23.5 Å². The summed E-state index contributed by atoms with van der Waals surface area (Å²) in [5, 5.41) is 13.8. The number of carbonyl (C=O) groups excluding carboxylic acids is 1. The maximum atomic E-state index is 14.0. The highest BCUT2D eigenvalue weighted by molar-refractivity contribution is 5.91. The highest BCUT2D eigenvalue weighted by atomic mass is 19.1. The number of anilines is 1. The Morgan fingerprint density at radius 1 is 1.22 bits per heavy atom. The van der Waals surface area contributed by atoms with Crippen LogP contribution < -0.4 is 10.2 Å². The number of fused-ring (bicyclic) bond motifs is 1. The largest absolute Gasteiger partial charge is 0.507 e. The third-order valence-electron chi connectivity index (χ3n) is 5.75. The summed E-state index contributed by atoms with van der Waals surface area (Å²) in [6, 6.07) is 11.1. The van der Waals surface area contributed by atoms with E-state index in [1.54, 1.807) is 30.3 Å². The average Bonchev–Trinajstić information content (AvgIpc) is 3.45. The maximum absolute atomic E-state index is 14.0. The maximum Gasteiger partial charge on any atom is 0.407 e. The molecule has 32 heavy (non-hydrogen) atoms. The molecular weight excluding hydrogens is 415 g/mol. The van der Waals surface area contributed by atoms with E-state index in [0.29, 0.717) is 67.3 Å². The van der Waals surface area contributed by atoms with Gasteiger partial charge in [0.25, 0.3) is 0 Å². The van der Waals surface area contributed by atoms with E-state index in [0.717, 1.165) is 0 Å². The van der Waals surface area contributed by atoms with Crippen molar-refractivity contribution in [2.24, 2.45) is 0 Å². The van der Waals surface area contributed by atoms with Crippen molar-refractivity contribution in [1.82, 2.24) is 15.3 Å². The number of ether oxygens (including phenoxy) is 2. The molecule has 0 aliphatic carbocycles. The molecule has 1 amide bonds. The fraction of sp³-hybridized carbons (Fsp3) is 0.348. The second kappa shape index (κ2) is 8.58. The van der Waals surface area contributed by atoms with Crippen LogP contribution in [0.1, 0.15) is 12.8 Å². The van der Waals surface area contributed by atoms with Gasteiger partial charge in [-0.2, -0.15) is 0 Å². The number of benzene rings is 2. The minimum atomic E-state index is -0.458. The summed E-state index contributed by atoms with van der Waals surface area (Å²) in [7, 11) is 0. The molecule has 3 heterocycles. The lowest BCUT2D eigenvalue weighted by Gasteiger charge is -2.21. The van der Waals surface area contributed by atoms with Crippen molar-refractivity contribution in [3.8, 4) is 17.1 Å². The van der Waals surface area contributed by atoms with Crippen molar-refractivity contribution in [2.75, 3.05) is 31.2 Å². The lowest BCUT2D eigenvalue weighted by molar-refractivity contribution is 0.0813. The van der Waals surface area contributed by atoms with Gasteiger partial charge in [0.05, 0.1) is 30.3 Å². The first-order chi connectivity index (χ1) is 15.6. The standard InChI is InChI=1S/C23H23FN4O4/c24-14-5-6-19-18(11-14)22(27-21(26-19)17-3-1-2-4-20(17)29)28-9-7-15(12-28)25-23(30)32-16-8-10-31-13-16/h1-6,11,15-16,29H,7-10,12-13H2,(H,25,30)/t15?,16-/m0/s1. The second-order valence-electron chi connectivity index (χ2n) is 8.02. The second-order valence-corrected chi connectivity index (χ2v) is 8.02. The van der Waals surface area contributed by atoms with Crippen LogP contribution in [0, 0.1) is 5.82 Å². The Kier molecular flexibility index (Phi) is 5.48. The van der Waals surface area contributed by atoms with Crippen LogP contribution in [0.25, 0.3) is 22.3 Å². The monoisotopic (exact) mass is 438 g/mol. The summed E-state index contributed by atoms with van der Waals surface area (Å²) < 4.78 is 24.7. The molecule has 0 bridgehead atoms. The Morgan fingerprint density at radius 3 is 2.91 bits per heavy atom. The number of phenolic OH excluding ortho intramolecular Hbond substituents is 1. The number of nitrogens with zero attached hydrogens (tertiary/aromatic N) is 3. The Balaban J connectivity index is 1.41. The van der Waals surface area contributed by atoms with Crippen molar-refractivity contribution >= 4 is 22.8 Å². The Morgan fingerprint density at radius 2 is 2.09 bits per heavy atom. The lowest BCUT2D eigenvalue weighted by Crippen LogP contribution is -2.39. The number of aromatic nitrogens is 2. The molecule has 5 rings (SSSR count). The van der Waals surface area contributed by atoms with E-state index in [2.05, 4.69) is 15.3 Å². The third kappa shape index (κ3) is 4.16. The molecule has 2 aliphatic rings. The number of alkyl carbamates (subject to hydrolysis) is 1. The summed E-state index contributed by atoms with van der Waals surface area (Å²) >= 11 is 0. The van der Waals surface area contributed by atoms with Crippen molar-refractivity contribution in [3.63, 3.8) is 0 Å². The normalized spacial score (nSPS) is 20.6. The number of aromatic hydroxyl groups is 1. The molecule has 9 heteroatoms. The van der Waals surface area contributed by atoms with Gasteiger partial charge in [-0.15, -0.1) is 0 Å². The van der Waals surface area contributed by atoms with Crippen LogP contribution in [-0.4, -0.2) is 59.6 Å². The molecule has 2 atom stereocenters. The first-order valence-corrected chi connectivity index (χ1v) is 10.6. The van der Waals surface area contributed by atoms with Crippen LogP contribution in [0.4, 0.5) is 15.0 Å². The Bertz CT molecular complexity index is 1150. The zero-order valence-corrected chi connectivity index (χ0v) is 17.3. The number of rotatable bonds is 4. The van der Waals surface area contributed by atoms with Crippen LogP contribution in [0.5, 0.6) is 5.75 Å². The van der Waals surface area contributed by atoms with Gasteiger partial charge in [-0.1, -0.05) is 12.1 Å². The Labute approximate surface area is 184 Å². The smallest absolute Gasteiger partial charge is 0.407 e. The molecule has 0 spiro atoms. The molecule has 2 fully saturated rings. The Hall–Kier alpha value is -3.46. The van der Waals surface area contributed by atoms with E-state index in [9.17, 15) is 14.3 Å². The highest BCUT2D eigenvalue weighted by Crippen LogP contribution is 2.33. The van der Waals surface area contributed by atoms with Gasteiger partial charge >= 0.3 is 6.09 Å². The topological polar surface area (TPSA) is 96.8 Å². The molecule has 8 nitrogen and oxygen atoms in total. The molecule has 2 saturated heterocycles. The molecular formula is C23H23FN4O4. The van der Waals surface area contributed by atoms with Gasteiger partial charge < -0.3 is 24.8 Å². The number of phenols is 1. The summed E-state index contributed by atoms with van der Waals surface area (Å²) in [6.07, 6.45) is 0.740. The van der Waals surface area contributed by atoms with Gasteiger partial charge in [0.15, 0.2) is 5.82 Å². The van der Waals surface area contributed by atoms with Crippen LogP contribution in [-0.2, 0) is 9.47 Å². The van der Waals surface area contributed by atoms with Crippen LogP contribution in [0.2, 0.25) is 0 Å². The minimum absolute atomic E-state index is 0.0690. The van der Waals surface area contributed by atoms with Crippen molar-refractivity contribution < 1.29 is 23.8 Å². The molecule has 3 aromatic rings. The third-order valence-corrected chi connectivity index (χ3v) is 5.75. The fourth-order valence-electron chi connectivity index (χ4n) is 4.14. The quantitative estimate of drug-likeness (QED) is 0.646. The summed E-state index contributed by atoms with van der Waals surface area (Å²) in [5.41, 5.74) is 1.07. The highest BCUT2D eigenvalue weighted by Gasteiger charge is 2.29. The molecule has 2 N–H and O–H groups in total. The fourth-order valence-corrected chi connectivity index (χ4v) is 4.14. The van der Waals surface area contributed by atoms with Crippen molar-refractivity contribution in [3.05, 3.63) is 48.3 Å². The van der Waals surface area contributed by atoms with Crippen LogP contribution in [0.15, 0.2) is 42.5 Å². The van der Waals surface area contributed by atoms with E-state index in [1.165, 1.54) is 12.1 Å². The van der Waals surface area contributed by atoms with E-state index < -0.39 is 6.09 Å². The molecule has 2 aromatic carbocycles. The van der Waals surface area contributed by atoms with E-state index in [-0.39, 0.29) is 23.7 Å². The molecule has 2 aliphatic heterocycles. The van der Waals surface area contributed by atoms with E-state index in [4.69, 9.17) is 9.47 Å². The zero-order valence-electron chi connectivity index (χ0n) is 17.3. The number of hydrogen-bond acceptors (Lipinski definition) is 7. The van der Waals surface area contributed by atoms with Crippen LogP contribution >= 0.6 is 0 Å². The SMILES string of the molecule is O=C(NC1CCN(c2nc(-c3ccccc3O)nc3ccc(F)cc23)C1)O[C@H]1CCOC1. The van der Waals surface area contributed by atoms with Gasteiger partial charge in [-0.3, -0.25) is 0 Å². The molecule has 0 saturated carbocycles. The predicted molar refractivity (Wildman–Crippen MR) is 116 cm³/mol. The van der Waals surface area contributed by atoms with Gasteiger partial charge in [0.2, 0.25) is 0 Å². The zero-order chi connectivity index (χ0) is 22.1. The van der Waals surface area contributed by atoms with Crippen molar-refractivity contribution in [2.45, 2.75) is 25.0 Å². The van der Waals surface area contributed by atoms with E-state index >= 15 is 0 Å². The number of nitrogens with one attached hydrogen (secondary N) is 1. The van der Waals surface area contributed by atoms with Gasteiger partial charge in [-0.25, -0.2) is 19.2 Å². The number of halogens is 1.